The van der Waals surface area contributed by atoms with Gasteiger partial charge in [-0.1, -0.05) is 0 Å². The number of nitrogens with zero attached hydrogens (tertiary/aromatic N) is 5. The van der Waals surface area contributed by atoms with Crippen LogP contribution in [-0.4, -0.2) is 159 Å². The van der Waals surface area contributed by atoms with Gasteiger partial charge in [0.25, 0.3) is 0 Å². The molecule has 4 aliphatic rings. The standard InChI is InChI=1S/C12H13N3O2.C10H16N2O8.ClH.Na/c16-9-7-8(13-1-2-13)12(17)11(15-5-6-15)10(9)14-3-4-14;13-7(14)3-11(4-8(15)16)1-2-12(5-9(17)18)6-10(19)20;;/h7H,1-6H2;1-6H2,(H,13,14)(H,15,16)(H,17,18)(H,19,20);1H;/q;;;+1/p-1. The van der Waals surface area contributed by atoms with E-state index in [0.717, 1.165) is 49.1 Å². The zero-order chi connectivity index (χ0) is 27.3. The van der Waals surface area contributed by atoms with Gasteiger partial charge in [-0.05, 0) is 0 Å². The molecule has 17 heteroatoms. The van der Waals surface area contributed by atoms with E-state index < -0.39 is 50.1 Å². The molecule has 3 aliphatic heterocycles. The summed E-state index contributed by atoms with van der Waals surface area (Å²) in [6.07, 6.45) is 1.52. The van der Waals surface area contributed by atoms with E-state index in [2.05, 4.69) is 0 Å². The summed E-state index contributed by atoms with van der Waals surface area (Å²) < 4.78 is 0. The maximum Gasteiger partial charge on any atom is 1.00 e. The Morgan fingerprint density at radius 1 is 0.641 bits per heavy atom. The third kappa shape index (κ3) is 11.1. The first kappa shape index (κ1) is 34.3. The molecule has 0 bridgehead atoms. The predicted molar refractivity (Wildman–Crippen MR) is 123 cm³/mol. The number of carboxylic acid groups (broad SMARTS) is 4. The molecule has 0 aromatic heterocycles. The van der Waals surface area contributed by atoms with Crippen LogP contribution in [0.1, 0.15) is 0 Å². The van der Waals surface area contributed by atoms with Crippen LogP contribution in [0, 0.1) is 0 Å². The SMILES string of the molecule is O=C(O)CN(CCN(CC(=O)O)CC(=O)O)CC(=O)O.O=C1C=C(N2CC2)C(=O)C(N2CC2)=C1N1CC1.[Cl-].[Na+]. The Kier molecular flexibility index (Phi) is 13.4. The van der Waals surface area contributed by atoms with Crippen molar-refractivity contribution in [3.63, 3.8) is 0 Å². The van der Waals surface area contributed by atoms with Crippen LogP contribution in [0.3, 0.4) is 0 Å². The van der Waals surface area contributed by atoms with Crippen LogP contribution in [0.4, 0.5) is 0 Å². The Morgan fingerprint density at radius 3 is 1.28 bits per heavy atom. The quantitative estimate of drug-likeness (QED) is 0.0855. The minimum atomic E-state index is -1.23. The topological polar surface area (TPSA) is 199 Å². The van der Waals surface area contributed by atoms with Crippen LogP contribution in [0.5, 0.6) is 0 Å². The molecule has 0 unspecified atom stereocenters. The zero-order valence-corrected chi connectivity index (χ0v) is 24.2. The molecule has 0 aromatic carbocycles. The Hall–Kier alpha value is -2.69. The number of aliphatic carboxylic acids is 4. The van der Waals surface area contributed by atoms with Crippen LogP contribution >= 0.6 is 0 Å². The summed E-state index contributed by atoms with van der Waals surface area (Å²) in [5, 5.41) is 34.5. The van der Waals surface area contributed by atoms with E-state index in [1.807, 2.05) is 14.7 Å². The third-order valence-electron chi connectivity index (χ3n) is 5.66. The van der Waals surface area contributed by atoms with Gasteiger partial charge in [-0.15, -0.1) is 0 Å². The van der Waals surface area contributed by atoms with Crippen molar-refractivity contribution in [2.24, 2.45) is 0 Å². The number of ketones is 2. The van der Waals surface area contributed by atoms with Gasteiger partial charge < -0.3 is 47.5 Å². The van der Waals surface area contributed by atoms with Gasteiger partial charge in [0.1, 0.15) is 11.4 Å². The van der Waals surface area contributed by atoms with E-state index in [4.69, 9.17) is 20.4 Å². The maximum absolute atomic E-state index is 12.4. The molecule has 0 amide bonds. The fourth-order valence-corrected chi connectivity index (χ4v) is 3.75. The largest absolute Gasteiger partial charge is 1.00 e. The summed E-state index contributed by atoms with van der Waals surface area (Å²) in [4.78, 5) is 74.8. The second kappa shape index (κ2) is 15.2. The van der Waals surface area contributed by atoms with Crippen LogP contribution in [-0.2, 0) is 28.8 Å². The molecule has 3 fully saturated rings. The number of hydrogen-bond donors (Lipinski definition) is 4. The molecule has 15 nitrogen and oxygen atoms in total. The first-order valence-corrected chi connectivity index (χ1v) is 11.6. The number of carbonyl (C=O) groups is 6. The monoisotopic (exact) mass is 581 g/mol. The van der Waals surface area contributed by atoms with Gasteiger partial charge >= 0.3 is 53.4 Å². The average Bonchev–Trinajstić information content (AvgIpc) is 3.62. The number of halogens is 1. The number of hydrogen-bond acceptors (Lipinski definition) is 11. The molecule has 39 heavy (non-hydrogen) atoms. The maximum atomic E-state index is 12.4. The summed E-state index contributed by atoms with van der Waals surface area (Å²) in [6.45, 7) is 3.16. The van der Waals surface area contributed by atoms with Crippen molar-refractivity contribution in [3.05, 3.63) is 23.2 Å². The molecule has 0 radical (unpaired) electrons. The molecule has 0 atom stereocenters. The van der Waals surface area contributed by atoms with Crippen molar-refractivity contribution in [2.75, 3.05) is 78.5 Å². The molecule has 210 valence electrons. The summed E-state index contributed by atoms with van der Waals surface area (Å²) in [5.41, 5.74) is 1.89. The molecule has 4 N–H and O–H groups in total. The minimum absolute atomic E-state index is 0. The van der Waals surface area contributed by atoms with Crippen molar-refractivity contribution in [1.29, 1.82) is 0 Å². The Balaban J connectivity index is 0.000000372. The van der Waals surface area contributed by atoms with Gasteiger partial charge in [0.05, 0.1) is 31.9 Å². The van der Waals surface area contributed by atoms with E-state index in [0.29, 0.717) is 17.1 Å². The first-order valence-electron chi connectivity index (χ1n) is 11.6. The molecule has 3 heterocycles. The summed E-state index contributed by atoms with van der Waals surface area (Å²) >= 11 is 0. The fraction of sp³-hybridized carbons (Fsp3) is 0.545. The van der Waals surface area contributed by atoms with Gasteiger partial charge in [0.15, 0.2) is 0 Å². The number of rotatable bonds is 14. The van der Waals surface area contributed by atoms with Gasteiger partial charge in [0, 0.05) is 58.4 Å². The Morgan fingerprint density at radius 2 is 0.974 bits per heavy atom. The van der Waals surface area contributed by atoms with Crippen LogP contribution in [0.15, 0.2) is 23.2 Å². The van der Waals surface area contributed by atoms with E-state index >= 15 is 0 Å². The summed E-state index contributed by atoms with van der Waals surface area (Å²) in [6, 6.07) is 0. The van der Waals surface area contributed by atoms with Gasteiger partial charge in [-0.3, -0.25) is 38.6 Å². The van der Waals surface area contributed by atoms with Crippen molar-refractivity contribution < 1.29 is 91.2 Å². The Bertz CT molecular complexity index is 988. The molecule has 1 aliphatic carbocycles. The molecule has 0 spiro atoms. The summed E-state index contributed by atoms with van der Waals surface area (Å²) in [5.74, 6) is -4.86. The number of carboxylic acids is 4. The van der Waals surface area contributed by atoms with Gasteiger partial charge in [-0.25, -0.2) is 0 Å². The van der Waals surface area contributed by atoms with E-state index in [1.165, 1.54) is 6.08 Å². The van der Waals surface area contributed by atoms with Gasteiger partial charge in [0.2, 0.25) is 11.6 Å². The van der Waals surface area contributed by atoms with Crippen molar-refractivity contribution >= 4 is 35.4 Å². The average molecular weight is 582 g/mol. The zero-order valence-electron chi connectivity index (χ0n) is 21.4. The molecule has 0 aromatic rings. The number of carbonyl (C=O) groups excluding carboxylic acids is 2. The number of Topliss-reactive ketones (excluding diaryl/α,β-unsaturated/α-hetero) is 1. The van der Waals surface area contributed by atoms with Crippen LogP contribution in [0.2, 0.25) is 0 Å². The third-order valence-corrected chi connectivity index (χ3v) is 5.66. The first-order chi connectivity index (χ1) is 17.5. The Labute approximate surface area is 252 Å². The molecule has 0 saturated carbocycles. The van der Waals surface area contributed by atoms with Crippen molar-refractivity contribution in [3.8, 4) is 0 Å². The number of allylic oxidation sites excluding steroid dienone is 1. The van der Waals surface area contributed by atoms with Crippen molar-refractivity contribution in [2.45, 2.75) is 0 Å². The normalized spacial score (nSPS) is 17.1. The van der Waals surface area contributed by atoms with E-state index in [9.17, 15) is 28.8 Å². The van der Waals surface area contributed by atoms with E-state index in [1.54, 1.807) is 0 Å². The predicted octanol–water partition coefficient (Wildman–Crippen LogP) is -8.88. The van der Waals surface area contributed by atoms with Crippen LogP contribution in [0.25, 0.3) is 0 Å². The fourth-order valence-electron chi connectivity index (χ4n) is 3.75. The smallest absolute Gasteiger partial charge is 1.00 e. The molecule has 3 saturated heterocycles. The second-order valence-corrected chi connectivity index (χ2v) is 8.88. The van der Waals surface area contributed by atoms with E-state index in [-0.39, 0.29) is 66.6 Å². The van der Waals surface area contributed by atoms with Crippen molar-refractivity contribution in [1.82, 2.24) is 24.5 Å². The molecular formula is C22H29ClN5NaO10. The second-order valence-electron chi connectivity index (χ2n) is 8.88. The summed E-state index contributed by atoms with van der Waals surface area (Å²) in [7, 11) is 0. The van der Waals surface area contributed by atoms with Crippen LogP contribution < -0.4 is 42.0 Å². The molecular weight excluding hydrogens is 553 g/mol. The minimum Gasteiger partial charge on any atom is -1.00 e. The molecule has 4 rings (SSSR count). The van der Waals surface area contributed by atoms with Gasteiger partial charge in [-0.2, -0.15) is 0 Å².